The summed E-state index contributed by atoms with van der Waals surface area (Å²) < 4.78 is 5.57. The van der Waals surface area contributed by atoms with Gasteiger partial charge in [-0.15, -0.1) is 0 Å². The van der Waals surface area contributed by atoms with E-state index < -0.39 is 0 Å². The Bertz CT molecular complexity index is 697. The molecule has 1 amide bonds. The Kier molecular flexibility index (Phi) is 3.97. The Morgan fingerprint density at radius 1 is 1.39 bits per heavy atom. The number of hydrogen-bond donors (Lipinski definition) is 2. The maximum atomic E-state index is 12.9. The summed E-state index contributed by atoms with van der Waals surface area (Å²) in [6.45, 7) is 9.76. The number of morpholine rings is 1. The molecule has 1 aliphatic rings. The molecule has 2 N–H and O–H groups in total. The third-order valence-corrected chi connectivity index (χ3v) is 4.20. The Labute approximate surface area is 135 Å². The molecule has 3 rings (SSSR count). The summed E-state index contributed by atoms with van der Waals surface area (Å²) in [6.07, 6.45) is 1.76. The second-order valence-corrected chi connectivity index (χ2v) is 6.97. The number of aromatic nitrogens is 4. The summed E-state index contributed by atoms with van der Waals surface area (Å²) in [5, 5.41) is 14.2. The number of rotatable bonds is 2. The minimum Gasteiger partial charge on any atom is -0.377 e. The predicted molar refractivity (Wildman–Crippen MR) is 85.2 cm³/mol. The maximum Gasteiger partial charge on any atom is 0.275 e. The van der Waals surface area contributed by atoms with E-state index >= 15 is 0 Å². The van der Waals surface area contributed by atoms with E-state index in [2.05, 4.69) is 41.2 Å². The summed E-state index contributed by atoms with van der Waals surface area (Å²) in [4.78, 5) is 14.7. The Balaban J connectivity index is 1.87. The van der Waals surface area contributed by atoms with Crippen molar-refractivity contribution in [2.75, 3.05) is 19.8 Å². The minimum atomic E-state index is -0.159. The van der Waals surface area contributed by atoms with Crippen LogP contribution < -0.4 is 0 Å². The van der Waals surface area contributed by atoms with Gasteiger partial charge in [-0.25, -0.2) is 0 Å². The number of nitrogens with zero attached hydrogens (tertiary/aromatic N) is 3. The van der Waals surface area contributed by atoms with Crippen LogP contribution >= 0.6 is 0 Å². The molecule has 2 aromatic heterocycles. The van der Waals surface area contributed by atoms with Crippen LogP contribution in [0.5, 0.6) is 0 Å². The van der Waals surface area contributed by atoms with Crippen LogP contribution in [0, 0.1) is 6.92 Å². The number of carbonyl (C=O) groups excluding carboxylic acids is 1. The predicted octanol–water partition coefficient (Wildman–Crippen LogP) is 1.95. The van der Waals surface area contributed by atoms with Crippen LogP contribution in [0.2, 0.25) is 0 Å². The van der Waals surface area contributed by atoms with Crippen LogP contribution in [0.4, 0.5) is 0 Å². The van der Waals surface area contributed by atoms with Crippen molar-refractivity contribution >= 4 is 5.91 Å². The van der Waals surface area contributed by atoms with Gasteiger partial charge in [0.1, 0.15) is 5.69 Å². The fourth-order valence-corrected chi connectivity index (χ4v) is 2.74. The van der Waals surface area contributed by atoms with Crippen molar-refractivity contribution in [1.82, 2.24) is 25.3 Å². The van der Waals surface area contributed by atoms with Crippen molar-refractivity contribution in [2.24, 2.45) is 0 Å². The first-order chi connectivity index (χ1) is 10.9. The second-order valence-electron chi connectivity index (χ2n) is 6.97. The van der Waals surface area contributed by atoms with E-state index in [4.69, 9.17) is 4.74 Å². The Morgan fingerprint density at radius 2 is 2.17 bits per heavy atom. The van der Waals surface area contributed by atoms with E-state index in [0.29, 0.717) is 25.5 Å². The Morgan fingerprint density at radius 3 is 2.78 bits per heavy atom. The van der Waals surface area contributed by atoms with Crippen molar-refractivity contribution in [1.29, 1.82) is 0 Å². The molecule has 1 unspecified atom stereocenters. The fourth-order valence-electron chi connectivity index (χ4n) is 2.74. The lowest BCUT2D eigenvalue weighted by molar-refractivity contribution is -0.00438. The van der Waals surface area contributed by atoms with Gasteiger partial charge >= 0.3 is 0 Å². The van der Waals surface area contributed by atoms with E-state index in [9.17, 15) is 4.79 Å². The fraction of sp³-hybridized carbons (Fsp3) is 0.562. The number of aryl methyl sites for hydroxylation is 1. The highest BCUT2D eigenvalue weighted by molar-refractivity contribution is 5.92. The molecule has 1 saturated heterocycles. The number of aromatic amines is 2. The second kappa shape index (κ2) is 5.81. The molecule has 1 atom stereocenters. The highest BCUT2D eigenvalue weighted by atomic mass is 16.5. The van der Waals surface area contributed by atoms with Gasteiger partial charge in [-0.3, -0.25) is 15.0 Å². The van der Waals surface area contributed by atoms with Gasteiger partial charge in [-0.2, -0.15) is 10.2 Å². The van der Waals surface area contributed by atoms with E-state index in [0.717, 1.165) is 17.0 Å². The molecule has 0 saturated carbocycles. The highest BCUT2D eigenvalue weighted by Crippen LogP contribution is 2.27. The number of H-pyrrole nitrogens is 2. The molecular weight excluding hydrogens is 294 g/mol. The first-order valence-electron chi connectivity index (χ1n) is 7.82. The zero-order valence-corrected chi connectivity index (χ0v) is 14.0. The maximum absolute atomic E-state index is 12.9. The van der Waals surface area contributed by atoms with Crippen molar-refractivity contribution in [3.8, 4) is 0 Å². The molecule has 0 aromatic carbocycles. The van der Waals surface area contributed by atoms with Crippen LogP contribution in [0.25, 0.3) is 0 Å². The van der Waals surface area contributed by atoms with Gasteiger partial charge in [-0.1, -0.05) is 20.8 Å². The van der Waals surface area contributed by atoms with E-state index in [-0.39, 0.29) is 17.4 Å². The van der Waals surface area contributed by atoms with Gasteiger partial charge in [0.2, 0.25) is 0 Å². The van der Waals surface area contributed by atoms with E-state index in [1.807, 2.05) is 17.9 Å². The minimum absolute atomic E-state index is 0.0735. The molecule has 1 fully saturated rings. The normalized spacial score (nSPS) is 19.1. The monoisotopic (exact) mass is 317 g/mol. The highest BCUT2D eigenvalue weighted by Gasteiger charge is 2.33. The van der Waals surface area contributed by atoms with Gasteiger partial charge in [-0.05, 0) is 18.6 Å². The number of hydrogen-bond acceptors (Lipinski definition) is 4. The van der Waals surface area contributed by atoms with Crippen molar-refractivity contribution < 1.29 is 9.53 Å². The summed E-state index contributed by atoms with van der Waals surface area (Å²) in [7, 11) is 0. The van der Waals surface area contributed by atoms with E-state index in [1.54, 1.807) is 6.20 Å². The summed E-state index contributed by atoms with van der Waals surface area (Å²) in [6, 6.07) is 1.68. The van der Waals surface area contributed by atoms with Gasteiger partial charge in [0.25, 0.3) is 5.91 Å². The molecule has 0 radical (unpaired) electrons. The molecule has 0 aliphatic carbocycles. The number of carbonyl (C=O) groups is 1. The van der Waals surface area contributed by atoms with Crippen LogP contribution in [0.3, 0.4) is 0 Å². The molecular formula is C16H23N5O2. The summed E-state index contributed by atoms with van der Waals surface area (Å²) >= 11 is 0. The SMILES string of the molecule is Cc1cn[nH]c1C1COCCN1C(=O)c1cc(C(C)(C)C)[nH]n1. The molecule has 1 aliphatic heterocycles. The first-order valence-corrected chi connectivity index (χ1v) is 7.82. The van der Waals surface area contributed by atoms with Crippen LogP contribution in [-0.4, -0.2) is 51.0 Å². The first kappa shape index (κ1) is 15.7. The molecule has 23 heavy (non-hydrogen) atoms. The van der Waals surface area contributed by atoms with Crippen LogP contribution in [0.15, 0.2) is 12.3 Å². The van der Waals surface area contributed by atoms with Gasteiger partial charge < -0.3 is 9.64 Å². The molecule has 3 heterocycles. The summed E-state index contributed by atoms with van der Waals surface area (Å²) in [5.74, 6) is -0.0842. The molecule has 2 aromatic rings. The lowest BCUT2D eigenvalue weighted by Crippen LogP contribution is -2.44. The third kappa shape index (κ3) is 3.01. The lowest BCUT2D eigenvalue weighted by Gasteiger charge is -2.34. The Hall–Kier alpha value is -2.15. The van der Waals surface area contributed by atoms with Gasteiger partial charge in [0, 0.05) is 17.7 Å². The number of ether oxygens (including phenoxy) is 1. The summed E-state index contributed by atoms with van der Waals surface area (Å²) in [5.41, 5.74) is 3.26. The largest absolute Gasteiger partial charge is 0.377 e. The van der Waals surface area contributed by atoms with E-state index in [1.165, 1.54) is 0 Å². The van der Waals surface area contributed by atoms with Crippen molar-refractivity contribution in [2.45, 2.75) is 39.2 Å². The van der Waals surface area contributed by atoms with Gasteiger partial charge in [0.05, 0.1) is 31.1 Å². The number of amides is 1. The number of nitrogens with one attached hydrogen (secondary N) is 2. The molecule has 124 valence electrons. The quantitative estimate of drug-likeness (QED) is 0.886. The molecule has 7 nitrogen and oxygen atoms in total. The molecule has 0 bridgehead atoms. The third-order valence-electron chi connectivity index (χ3n) is 4.20. The van der Waals surface area contributed by atoms with Crippen LogP contribution in [-0.2, 0) is 10.2 Å². The standard InChI is InChI=1S/C16H23N5O2/c1-10-8-17-20-14(10)12-9-23-6-5-21(12)15(22)11-7-13(19-18-11)16(2,3)4/h7-8,12H,5-6,9H2,1-4H3,(H,17,20)(H,18,19). The average molecular weight is 317 g/mol. The smallest absolute Gasteiger partial charge is 0.275 e. The average Bonchev–Trinajstić information content (AvgIpc) is 3.15. The zero-order valence-electron chi connectivity index (χ0n) is 14.0. The topological polar surface area (TPSA) is 86.9 Å². The van der Waals surface area contributed by atoms with Gasteiger partial charge in [0.15, 0.2) is 0 Å². The van der Waals surface area contributed by atoms with Crippen LogP contribution in [0.1, 0.15) is 54.3 Å². The van der Waals surface area contributed by atoms with Crippen molar-refractivity contribution in [3.63, 3.8) is 0 Å². The molecule has 0 spiro atoms. The van der Waals surface area contributed by atoms with Crippen molar-refractivity contribution in [3.05, 3.63) is 34.9 Å². The zero-order chi connectivity index (χ0) is 16.6. The molecule has 7 heteroatoms. The lowest BCUT2D eigenvalue weighted by atomic mass is 9.92.